The molecule has 2 unspecified atom stereocenters. The minimum Gasteiger partial charge on any atom is -0.390 e. The van der Waals surface area contributed by atoms with E-state index in [9.17, 15) is 28.6 Å². The van der Waals surface area contributed by atoms with Gasteiger partial charge in [-0.15, -0.1) is 5.10 Å². The maximum atomic E-state index is 13.1. The minimum atomic E-state index is -4.60. The molecular weight excluding hydrogens is 463 g/mol. The third-order valence-corrected chi connectivity index (χ3v) is 7.29. The number of anilines is 3. The van der Waals surface area contributed by atoms with Crippen LogP contribution in [0.4, 0.5) is 30.5 Å². The second kappa shape index (κ2) is 7.05. The first-order chi connectivity index (χ1) is 16.5. The number of rotatable bonds is 4. The van der Waals surface area contributed by atoms with Crippen molar-refractivity contribution in [3.05, 3.63) is 41.9 Å². The topological polar surface area (TPSA) is 131 Å². The van der Waals surface area contributed by atoms with Gasteiger partial charge in [-0.1, -0.05) is 6.07 Å². The van der Waals surface area contributed by atoms with E-state index in [1.165, 1.54) is 22.8 Å². The van der Waals surface area contributed by atoms with Gasteiger partial charge in [-0.05, 0) is 50.2 Å². The Hall–Kier alpha value is -3.43. The lowest BCUT2D eigenvalue weighted by molar-refractivity contribution is -0.200. The molecule has 0 aromatic carbocycles. The third-order valence-electron chi connectivity index (χ3n) is 7.29. The van der Waals surface area contributed by atoms with Gasteiger partial charge in [0, 0.05) is 18.0 Å². The summed E-state index contributed by atoms with van der Waals surface area (Å²) in [7, 11) is 0. The van der Waals surface area contributed by atoms with Gasteiger partial charge in [0.05, 0.1) is 23.1 Å². The third kappa shape index (κ3) is 3.75. The van der Waals surface area contributed by atoms with E-state index in [-0.39, 0.29) is 23.1 Å². The van der Waals surface area contributed by atoms with Gasteiger partial charge >= 0.3 is 6.18 Å². The Morgan fingerprint density at radius 1 is 1.09 bits per heavy atom. The van der Waals surface area contributed by atoms with Crippen LogP contribution in [0.5, 0.6) is 0 Å². The highest BCUT2D eigenvalue weighted by molar-refractivity contribution is 5.75. The van der Waals surface area contributed by atoms with Crippen molar-refractivity contribution in [1.29, 1.82) is 5.26 Å². The molecule has 7 rings (SSSR count). The van der Waals surface area contributed by atoms with E-state index in [4.69, 9.17) is 0 Å². The Labute approximate surface area is 197 Å². The molecule has 0 amide bonds. The molecule has 4 fully saturated rings. The first-order valence-electron chi connectivity index (χ1n) is 11.3. The predicted octanol–water partition coefficient (Wildman–Crippen LogP) is 3.37. The van der Waals surface area contributed by atoms with E-state index < -0.39 is 28.6 Å². The van der Waals surface area contributed by atoms with E-state index >= 15 is 0 Å². The summed E-state index contributed by atoms with van der Waals surface area (Å²) in [4.78, 5) is 7.86. The van der Waals surface area contributed by atoms with Crippen LogP contribution in [0.3, 0.4) is 0 Å². The quantitative estimate of drug-likeness (QED) is 0.442. The van der Waals surface area contributed by atoms with Crippen molar-refractivity contribution < 1.29 is 23.4 Å². The van der Waals surface area contributed by atoms with Crippen LogP contribution in [0.15, 0.2) is 30.5 Å². The van der Waals surface area contributed by atoms with Gasteiger partial charge in [-0.3, -0.25) is 0 Å². The monoisotopic (exact) mass is 485 g/mol. The van der Waals surface area contributed by atoms with Crippen LogP contribution in [0.25, 0.3) is 5.65 Å². The number of fused-ring (bicyclic) bond motifs is 1. The number of halogens is 3. The Morgan fingerprint density at radius 3 is 2.49 bits per heavy atom. The number of nitrogens with one attached hydrogen (secondary N) is 2. The molecule has 0 aliphatic heterocycles. The fourth-order valence-corrected chi connectivity index (χ4v) is 6.75. The molecule has 4 aliphatic carbocycles. The van der Waals surface area contributed by atoms with Crippen LogP contribution >= 0.6 is 0 Å². The van der Waals surface area contributed by atoms with Crippen LogP contribution in [-0.2, 0) is 6.18 Å². The van der Waals surface area contributed by atoms with Crippen molar-refractivity contribution in [3.63, 3.8) is 0 Å². The zero-order valence-electron chi connectivity index (χ0n) is 18.5. The summed E-state index contributed by atoms with van der Waals surface area (Å²) in [5.41, 5.74) is -2.86. The molecule has 3 aromatic heterocycles. The molecule has 35 heavy (non-hydrogen) atoms. The molecule has 0 spiro atoms. The molecule has 0 saturated heterocycles. The zero-order valence-corrected chi connectivity index (χ0v) is 18.5. The summed E-state index contributed by atoms with van der Waals surface area (Å²) in [5.74, 6) is 0.474. The number of nitriles is 1. The zero-order chi connectivity index (χ0) is 24.6. The molecule has 4 N–H and O–H groups in total. The van der Waals surface area contributed by atoms with Crippen molar-refractivity contribution in [2.45, 2.75) is 61.4 Å². The first-order valence-corrected chi connectivity index (χ1v) is 11.3. The average Bonchev–Trinajstić information content (AvgIpc) is 3.13. The lowest BCUT2D eigenvalue weighted by atomic mass is 9.49. The number of aliphatic hydroxyl groups is 2. The molecule has 12 heteroatoms. The Morgan fingerprint density at radius 2 is 1.83 bits per heavy atom. The van der Waals surface area contributed by atoms with Crippen molar-refractivity contribution >= 4 is 23.0 Å². The van der Waals surface area contributed by atoms with Gasteiger partial charge in [0.15, 0.2) is 11.3 Å². The molecule has 3 aromatic rings. The largest absolute Gasteiger partial charge is 0.433 e. The van der Waals surface area contributed by atoms with Crippen LogP contribution in [-0.4, -0.2) is 46.5 Å². The number of aromatic nitrogens is 4. The highest BCUT2D eigenvalue weighted by Gasteiger charge is 2.63. The number of nitrogens with zero attached hydrogens (tertiary/aromatic N) is 5. The molecule has 2 atom stereocenters. The molecular formula is C23H22F3N7O2. The van der Waals surface area contributed by atoms with Crippen LogP contribution in [0.1, 0.15) is 49.9 Å². The van der Waals surface area contributed by atoms with E-state index in [0.717, 1.165) is 12.5 Å². The van der Waals surface area contributed by atoms with Gasteiger partial charge in [0.25, 0.3) is 0 Å². The molecule has 3 heterocycles. The van der Waals surface area contributed by atoms with E-state index in [0.29, 0.717) is 43.6 Å². The lowest BCUT2D eigenvalue weighted by Gasteiger charge is -2.63. The van der Waals surface area contributed by atoms with E-state index in [1.807, 2.05) is 6.07 Å². The standard InChI is InChI=1S/C23H22F3N7O2/c24-23(25,26)16-2-1-3-17(30-16)29-15-4-18(32-33-14(8-27)9-28-19(15)33)31-20-5-13-6-21(34,10-20)12-22(35,7-13)11-20/h1-4,9,13,34-35H,5-7,10-12H2,(H,29,30)(H,31,32). The van der Waals surface area contributed by atoms with Crippen molar-refractivity contribution in [3.8, 4) is 6.07 Å². The molecule has 4 bridgehead atoms. The Kier molecular flexibility index (Phi) is 4.44. The number of hydrogen-bond donors (Lipinski definition) is 4. The fourth-order valence-electron chi connectivity index (χ4n) is 6.75. The normalized spacial score (nSPS) is 31.5. The van der Waals surface area contributed by atoms with Gasteiger partial charge in [-0.25, -0.2) is 9.97 Å². The summed E-state index contributed by atoms with van der Waals surface area (Å²) < 4.78 is 40.7. The van der Waals surface area contributed by atoms with Crippen molar-refractivity contribution in [1.82, 2.24) is 19.6 Å². The molecule has 4 aliphatic rings. The average molecular weight is 485 g/mol. The SMILES string of the molecule is N#Cc1cnc2c(Nc3cccc(C(F)(F)F)n3)cc(NC34CC5CC(O)(CC(O)(C5)C3)C4)nn12. The second-order valence-corrected chi connectivity index (χ2v) is 10.3. The Bertz CT molecular complexity index is 1360. The predicted molar refractivity (Wildman–Crippen MR) is 118 cm³/mol. The van der Waals surface area contributed by atoms with Crippen LogP contribution in [0.2, 0.25) is 0 Å². The number of pyridine rings is 1. The first kappa shape index (κ1) is 22.1. The lowest BCUT2D eigenvalue weighted by Crippen LogP contribution is -2.68. The summed E-state index contributed by atoms with van der Waals surface area (Å²) in [6.45, 7) is 0. The maximum Gasteiger partial charge on any atom is 0.433 e. The highest BCUT2D eigenvalue weighted by Crippen LogP contribution is 2.60. The summed E-state index contributed by atoms with van der Waals surface area (Å²) in [6.07, 6.45) is 0.0335. The summed E-state index contributed by atoms with van der Waals surface area (Å²) in [5, 5.41) is 42.4. The molecule has 9 nitrogen and oxygen atoms in total. The highest BCUT2D eigenvalue weighted by atomic mass is 19.4. The van der Waals surface area contributed by atoms with Crippen molar-refractivity contribution in [2.75, 3.05) is 10.6 Å². The Balaban J connectivity index is 1.39. The number of imidazole rings is 1. The van der Waals surface area contributed by atoms with Gasteiger partial charge < -0.3 is 20.8 Å². The van der Waals surface area contributed by atoms with Gasteiger partial charge in [0.1, 0.15) is 23.4 Å². The van der Waals surface area contributed by atoms with Crippen molar-refractivity contribution in [2.24, 2.45) is 5.92 Å². The van der Waals surface area contributed by atoms with Gasteiger partial charge in [-0.2, -0.15) is 22.9 Å². The second-order valence-electron chi connectivity index (χ2n) is 10.3. The maximum absolute atomic E-state index is 13.1. The van der Waals surface area contributed by atoms with Crippen LogP contribution in [0, 0.1) is 17.2 Å². The number of hydrogen-bond acceptors (Lipinski definition) is 8. The molecule has 0 radical (unpaired) electrons. The number of alkyl halides is 3. The minimum absolute atomic E-state index is 0.0428. The van der Waals surface area contributed by atoms with Crippen LogP contribution < -0.4 is 10.6 Å². The fraction of sp³-hybridized carbons (Fsp3) is 0.478. The summed E-state index contributed by atoms with van der Waals surface area (Å²) in [6, 6.07) is 7.13. The van der Waals surface area contributed by atoms with E-state index in [1.54, 1.807) is 6.07 Å². The summed E-state index contributed by atoms with van der Waals surface area (Å²) >= 11 is 0. The molecule has 182 valence electrons. The smallest absolute Gasteiger partial charge is 0.390 e. The van der Waals surface area contributed by atoms with E-state index in [2.05, 4.69) is 25.7 Å². The molecule has 4 saturated carbocycles. The van der Waals surface area contributed by atoms with Gasteiger partial charge in [0.2, 0.25) is 0 Å².